The molecule has 0 aliphatic carbocycles. The summed E-state index contributed by atoms with van der Waals surface area (Å²) >= 11 is 0. The zero-order valence-corrected chi connectivity index (χ0v) is 20.6. The smallest absolute Gasteiger partial charge is 0.266 e. The third-order valence-corrected chi connectivity index (χ3v) is 9.35. The van der Waals surface area contributed by atoms with Crippen LogP contribution in [0.4, 0.5) is 5.69 Å². The SMILES string of the molecule is CCOc1ccc(N2CCN(S(=O)(=O)C3(C(=O)NOC4CCCCO4)CCOCC3)CC2)cc1. The average molecular weight is 498 g/mol. The Bertz CT molecular complexity index is 905. The van der Waals surface area contributed by atoms with E-state index >= 15 is 0 Å². The number of amides is 1. The molecule has 1 aromatic carbocycles. The quantitative estimate of drug-likeness (QED) is 0.541. The lowest BCUT2D eigenvalue weighted by Gasteiger charge is -2.42. The third-order valence-electron chi connectivity index (χ3n) is 6.72. The lowest BCUT2D eigenvalue weighted by Crippen LogP contribution is -2.62. The molecule has 3 fully saturated rings. The monoisotopic (exact) mass is 497 g/mol. The van der Waals surface area contributed by atoms with Crippen LogP contribution in [0.15, 0.2) is 24.3 Å². The van der Waals surface area contributed by atoms with E-state index in [1.165, 1.54) is 4.31 Å². The molecule has 0 bridgehead atoms. The molecule has 4 rings (SSSR count). The molecular weight excluding hydrogens is 462 g/mol. The number of anilines is 1. The molecule has 1 amide bonds. The Kier molecular flexibility index (Phi) is 8.30. The topological polar surface area (TPSA) is 107 Å². The van der Waals surface area contributed by atoms with Gasteiger partial charge in [-0.2, -0.15) is 4.31 Å². The van der Waals surface area contributed by atoms with Gasteiger partial charge in [-0.3, -0.25) is 4.79 Å². The van der Waals surface area contributed by atoms with E-state index in [2.05, 4.69) is 10.4 Å². The summed E-state index contributed by atoms with van der Waals surface area (Å²) in [6, 6.07) is 7.79. The van der Waals surface area contributed by atoms with Crippen LogP contribution in [0.1, 0.15) is 39.0 Å². The Morgan fingerprint density at radius 2 is 1.79 bits per heavy atom. The van der Waals surface area contributed by atoms with E-state index < -0.39 is 27.0 Å². The number of carbonyl (C=O) groups excluding carboxylic acids is 1. The van der Waals surface area contributed by atoms with Crippen molar-refractivity contribution < 1.29 is 32.3 Å². The van der Waals surface area contributed by atoms with E-state index in [-0.39, 0.29) is 26.1 Å². The summed E-state index contributed by atoms with van der Waals surface area (Å²) in [5.41, 5.74) is 3.42. The Balaban J connectivity index is 1.42. The minimum Gasteiger partial charge on any atom is -0.494 e. The molecule has 11 heteroatoms. The van der Waals surface area contributed by atoms with E-state index in [0.29, 0.717) is 45.8 Å². The minimum absolute atomic E-state index is 0.0924. The first-order valence-electron chi connectivity index (χ1n) is 12.1. The zero-order chi connectivity index (χ0) is 24.0. The molecule has 10 nitrogen and oxygen atoms in total. The molecular formula is C23H35N3O7S. The molecule has 34 heavy (non-hydrogen) atoms. The zero-order valence-electron chi connectivity index (χ0n) is 19.7. The van der Waals surface area contributed by atoms with Gasteiger partial charge in [-0.25, -0.2) is 18.7 Å². The molecule has 1 atom stereocenters. The highest BCUT2D eigenvalue weighted by atomic mass is 32.2. The molecule has 3 saturated heterocycles. The second kappa shape index (κ2) is 11.2. The average Bonchev–Trinajstić information content (AvgIpc) is 2.89. The van der Waals surface area contributed by atoms with Crippen molar-refractivity contribution in [3.8, 4) is 5.75 Å². The molecule has 3 heterocycles. The lowest BCUT2D eigenvalue weighted by atomic mass is 9.98. The number of ether oxygens (including phenoxy) is 3. The Labute approximate surface area is 201 Å². The fraction of sp³-hybridized carbons (Fsp3) is 0.696. The summed E-state index contributed by atoms with van der Waals surface area (Å²) in [5, 5.41) is 0. The number of hydroxylamine groups is 1. The molecule has 3 aliphatic rings. The first-order chi connectivity index (χ1) is 16.5. The van der Waals surface area contributed by atoms with Crippen LogP contribution in [-0.4, -0.2) is 82.3 Å². The minimum atomic E-state index is -3.94. The molecule has 0 saturated carbocycles. The highest BCUT2D eigenvalue weighted by Crippen LogP contribution is 2.34. The van der Waals surface area contributed by atoms with Crippen molar-refractivity contribution in [2.45, 2.75) is 50.1 Å². The maximum absolute atomic E-state index is 13.8. The van der Waals surface area contributed by atoms with Crippen LogP contribution in [0.5, 0.6) is 5.75 Å². The molecule has 0 radical (unpaired) electrons. The fourth-order valence-electron chi connectivity index (χ4n) is 4.67. The molecule has 1 aromatic rings. The number of hydrogen-bond donors (Lipinski definition) is 1. The van der Waals surface area contributed by atoms with Crippen LogP contribution < -0.4 is 15.1 Å². The van der Waals surface area contributed by atoms with Crippen LogP contribution in [0.2, 0.25) is 0 Å². The van der Waals surface area contributed by atoms with Gasteiger partial charge >= 0.3 is 0 Å². The number of hydrogen-bond acceptors (Lipinski definition) is 8. The maximum atomic E-state index is 13.8. The summed E-state index contributed by atoms with van der Waals surface area (Å²) in [6.07, 6.45) is 2.19. The van der Waals surface area contributed by atoms with Crippen LogP contribution in [-0.2, 0) is 29.1 Å². The van der Waals surface area contributed by atoms with Gasteiger partial charge in [-0.05, 0) is 44.0 Å². The molecule has 0 spiro atoms. The number of carbonyl (C=O) groups is 1. The van der Waals surface area contributed by atoms with Crippen molar-refractivity contribution in [2.24, 2.45) is 0 Å². The number of rotatable bonds is 8. The van der Waals surface area contributed by atoms with Crippen LogP contribution >= 0.6 is 0 Å². The predicted molar refractivity (Wildman–Crippen MR) is 126 cm³/mol. The van der Waals surface area contributed by atoms with E-state index in [9.17, 15) is 13.2 Å². The fourth-order valence-corrected chi connectivity index (χ4v) is 6.77. The summed E-state index contributed by atoms with van der Waals surface area (Å²) in [7, 11) is -3.94. The van der Waals surface area contributed by atoms with Gasteiger partial charge in [-0.15, -0.1) is 0 Å². The number of sulfonamides is 1. The van der Waals surface area contributed by atoms with Gasteiger partial charge in [0.2, 0.25) is 10.0 Å². The van der Waals surface area contributed by atoms with Gasteiger partial charge in [0.1, 0.15) is 5.75 Å². The molecule has 1 unspecified atom stereocenters. The summed E-state index contributed by atoms with van der Waals surface area (Å²) in [4.78, 5) is 20.8. The van der Waals surface area contributed by atoms with Crippen LogP contribution in [0, 0.1) is 0 Å². The van der Waals surface area contributed by atoms with Crippen LogP contribution in [0.25, 0.3) is 0 Å². The van der Waals surface area contributed by atoms with Gasteiger partial charge in [0.25, 0.3) is 5.91 Å². The van der Waals surface area contributed by atoms with E-state index in [4.69, 9.17) is 19.0 Å². The van der Waals surface area contributed by atoms with Crippen molar-refractivity contribution in [1.29, 1.82) is 0 Å². The molecule has 0 aromatic heterocycles. The van der Waals surface area contributed by atoms with E-state index in [1.54, 1.807) is 0 Å². The van der Waals surface area contributed by atoms with E-state index in [1.807, 2.05) is 31.2 Å². The van der Waals surface area contributed by atoms with Crippen molar-refractivity contribution in [2.75, 3.05) is 57.5 Å². The molecule has 3 aliphatic heterocycles. The van der Waals surface area contributed by atoms with Gasteiger partial charge in [0, 0.05) is 70.9 Å². The Hall–Kier alpha value is -1.92. The Morgan fingerprint density at radius 1 is 1.09 bits per heavy atom. The largest absolute Gasteiger partial charge is 0.494 e. The highest BCUT2D eigenvalue weighted by molar-refractivity contribution is 7.91. The third kappa shape index (κ3) is 5.33. The van der Waals surface area contributed by atoms with Gasteiger partial charge in [0.15, 0.2) is 11.0 Å². The van der Waals surface area contributed by atoms with Gasteiger partial charge in [0.05, 0.1) is 6.61 Å². The normalized spacial score (nSPS) is 23.9. The molecule has 190 valence electrons. The van der Waals surface area contributed by atoms with Crippen molar-refractivity contribution in [1.82, 2.24) is 9.79 Å². The number of nitrogens with one attached hydrogen (secondary N) is 1. The molecule has 1 N–H and O–H groups in total. The first kappa shape index (κ1) is 25.2. The highest BCUT2D eigenvalue weighted by Gasteiger charge is 2.54. The van der Waals surface area contributed by atoms with Gasteiger partial charge < -0.3 is 19.1 Å². The standard InChI is InChI=1S/C23H35N3O7S/c1-2-31-20-8-6-19(7-9-20)25-12-14-26(15-13-25)34(28,29)23(10-17-30-18-11-23)22(27)24-33-21-5-3-4-16-32-21/h6-9,21H,2-5,10-18H2,1H3,(H,24,27). The van der Waals surface area contributed by atoms with Crippen LogP contribution in [0.3, 0.4) is 0 Å². The number of piperazine rings is 1. The van der Waals surface area contributed by atoms with E-state index in [0.717, 1.165) is 24.3 Å². The van der Waals surface area contributed by atoms with Gasteiger partial charge in [-0.1, -0.05) is 0 Å². The maximum Gasteiger partial charge on any atom is 0.266 e. The lowest BCUT2D eigenvalue weighted by molar-refractivity contribution is -0.202. The summed E-state index contributed by atoms with van der Waals surface area (Å²) < 4.78 is 43.8. The van der Waals surface area contributed by atoms with Crippen molar-refractivity contribution in [3.63, 3.8) is 0 Å². The second-order valence-corrected chi connectivity index (χ2v) is 11.0. The van der Waals surface area contributed by atoms with Crippen molar-refractivity contribution >= 4 is 21.6 Å². The number of nitrogens with zero attached hydrogens (tertiary/aromatic N) is 2. The predicted octanol–water partition coefficient (Wildman–Crippen LogP) is 1.66. The Morgan fingerprint density at radius 3 is 2.41 bits per heavy atom. The number of benzene rings is 1. The van der Waals surface area contributed by atoms with Crippen molar-refractivity contribution in [3.05, 3.63) is 24.3 Å². The first-order valence-corrected chi connectivity index (χ1v) is 13.5. The summed E-state index contributed by atoms with van der Waals surface area (Å²) in [5.74, 6) is 0.166. The second-order valence-electron chi connectivity index (χ2n) is 8.77. The summed E-state index contributed by atoms with van der Waals surface area (Å²) in [6.45, 7) is 5.20.